The lowest BCUT2D eigenvalue weighted by Crippen LogP contribution is -2.48. The summed E-state index contributed by atoms with van der Waals surface area (Å²) in [6.07, 6.45) is 3.36. The summed E-state index contributed by atoms with van der Waals surface area (Å²) >= 11 is 0. The number of nitrogens with zero attached hydrogens (tertiary/aromatic N) is 1. The van der Waals surface area contributed by atoms with E-state index in [2.05, 4.69) is 29.8 Å². The number of nitrogens with two attached hydrogens (primary N) is 1. The van der Waals surface area contributed by atoms with Crippen LogP contribution in [0, 0.1) is 5.92 Å². The number of amides is 3. The van der Waals surface area contributed by atoms with Crippen molar-refractivity contribution in [3.63, 3.8) is 0 Å². The van der Waals surface area contributed by atoms with Crippen molar-refractivity contribution in [3.8, 4) is 0 Å². The van der Waals surface area contributed by atoms with Crippen LogP contribution in [0.4, 0.5) is 4.39 Å². The van der Waals surface area contributed by atoms with E-state index in [0.717, 1.165) is 12.8 Å². The van der Waals surface area contributed by atoms with Crippen molar-refractivity contribution in [2.24, 2.45) is 11.7 Å². The van der Waals surface area contributed by atoms with E-state index in [1.165, 1.54) is 0 Å². The minimum atomic E-state index is -0.668. The van der Waals surface area contributed by atoms with Gasteiger partial charge in [-0.1, -0.05) is 13.8 Å². The number of hydrogen-bond acceptors (Lipinski definition) is 5. The molecule has 8 nitrogen and oxygen atoms in total. The fraction of sp³-hybridized carbons (Fsp3) is 0.857. The highest BCUT2D eigenvalue weighted by Gasteiger charge is 2.21. The van der Waals surface area contributed by atoms with Crippen LogP contribution in [-0.4, -0.2) is 67.7 Å². The molecule has 9 heteroatoms. The van der Waals surface area contributed by atoms with Gasteiger partial charge in [0.15, 0.2) is 0 Å². The second kappa shape index (κ2) is 17.0. The van der Waals surface area contributed by atoms with Gasteiger partial charge in [-0.3, -0.25) is 19.3 Å². The van der Waals surface area contributed by atoms with Crippen LogP contribution in [0.15, 0.2) is 0 Å². The topological polar surface area (TPSA) is 117 Å². The molecule has 0 radical (unpaired) electrons. The molecule has 1 unspecified atom stereocenters. The first-order valence-corrected chi connectivity index (χ1v) is 11.0. The van der Waals surface area contributed by atoms with Crippen molar-refractivity contribution in [1.82, 2.24) is 20.9 Å². The van der Waals surface area contributed by atoms with Gasteiger partial charge in [0, 0.05) is 38.5 Å². The molecule has 0 aromatic carbocycles. The summed E-state index contributed by atoms with van der Waals surface area (Å²) in [5, 5.41) is 8.28. The van der Waals surface area contributed by atoms with Crippen molar-refractivity contribution in [2.75, 3.05) is 33.0 Å². The maximum Gasteiger partial charge on any atom is 0.242 e. The maximum atomic E-state index is 13.0. The van der Waals surface area contributed by atoms with Crippen molar-refractivity contribution >= 4 is 17.7 Å². The van der Waals surface area contributed by atoms with Crippen molar-refractivity contribution in [1.29, 1.82) is 0 Å². The van der Waals surface area contributed by atoms with Crippen LogP contribution in [0.1, 0.15) is 66.2 Å². The number of alkyl halides is 1. The van der Waals surface area contributed by atoms with E-state index in [1.807, 2.05) is 13.8 Å². The Bertz CT molecular complexity index is 503. The summed E-state index contributed by atoms with van der Waals surface area (Å²) in [7, 11) is 0. The van der Waals surface area contributed by atoms with Crippen molar-refractivity contribution in [2.45, 2.75) is 78.3 Å². The summed E-state index contributed by atoms with van der Waals surface area (Å²) in [4.78, 5) is 38.0. The lowest BCUT2D eigenvalue weighted by molar-refractivity contribution is -0.129. The van der Waals surface area contributed by atoms with Gasteiger partial charge in [-0.25, -0.2) is 4.39 Å². The first-order chi connectivity index (χ1) is 14.2. The number of carbonyl (C=O) groups excluding carboxylic acids is 3. The summed E-state index contributed by atoms with van der Waals surface area (Å²) in [5.41, 5.74) is 5.52. The molecule has 0 aliphatic heterocycles. The first-order valence-electron chi connectivity index (χ1n) is 11.0. The zero-order valence-electron chi connectivity index (χ0n) is 19.1. The average Bonchev–Trinajstić information content (AvgIpc) is 2.69. The number of nitrogens with one attached hydrogen (secondary N) is 3. The Labute approximate surface area is 180 Å². The summed E-state index contributed by atoms with van der Waals surface area (Å²) in [6, 6.07) is -0.666. The maximum absolute atomic E-state index is 13.0. The third kappa shape index (κ3) is 14.3. The van der Waals surface area contributed by atoms with E-state index in [-0.39, 0.29) is 30.2 Å². The van der Waals surface area contributed by atoms with Gasteiger partial charge in [-0.15, -0.1) is 0 Å². The number of hydrogen-bond donors (Lipinski definition) is 4. The van der Waals surface area contributed by atoms with Gasteiger partial charge in [0.05, 0.1) is 0 Å². The van der Waals surface area contributed by atoms with Crippen molar-refractivity contribution < 1.29 is 18.8 Å². The molecular formula is C21H42FN5O3. The highest BCUT2D eigenvalue weighted by atomic mass is 19.1. The number of rotatable bonds is 17. The Morgan fingerprint density at radius 1 is 0.933 bits per heavy atom. The molecule has 0 aliphatic carbocycles. The molecule has 0 aromatic rings. The molecule has 0 heterocycles. The normalized spacial score (nSPS) is 12.3. The largest absolute Gasteiger partial charge is 0.354 e. The minimum Gasteiger partial charge on any atom is -0.354 e. The Morgan fingerprint density at radius 2 is 1.60 bits per heavy atom. The zero-order chi connectivity index (χ0) is 22.9. The van der Waals surface area contributed by atoms with Gasteiger partial charge in [0.1, 0.15) is 12.8 Å². The average molecular weight is 432 g/mol. The Kier molecular flexibility index (Phi) is 16.0. The fourth-order valence-corrected chi connectivity index (χ4v) is 2.75. The van der Waals surface area contributed by atoms with E-state index >= 15 is 0 Å². The van der Waals surface area contributed by atoms with Crippen LogP contribution in [-0.2, 0) is 14.4 Å². The second-order valence-electron chi connectivity index (χ2n) is 8.25. The molecule has 0 bridgehead atoms. The molecule has 0 aromatic heterocycles. The number of carbonyl (C=O) groups is 3. The third-order valence-corrected chi connectivity index (χ3v) is 4.80. The third-order valence-electron chi connectivity index (χ3n) is 4.80. The van der Waals surface area contributed by atoms with Gasteiger partial charge in [0.25, 0.3) is 0 Å². The Balaban J connectivity index is 4.45. The van der Waals surface area contributed by atoms with E-state index in [4.69, 9.17) is 5.73 Å². The highest BCUT2D eigenvalue weighted by molar-refractivity contribution is 5.87. The van der Waals surface area contributed by atoms with E-state index in [0.29, 0.717) is 51.4 Å². The fourth-order valence-electron chi connectivity index (χ4n) is 2.75. The van der Waals surface area contributed by atoms with Gasteiger partial charge in [-0.05, 0) is 52.0 Å². The molecule has 0 aliphatic rings. The molecule has 0 spiro atoms. The van der Waals surface area contributed by atoms with Gasteiger partial charge in [-0.2, -0.15) is 0 Å². The molecule has 0 fully saturated rings. The summed E-state index contributed by atoms with van der Waals surface area (Å²) in [6.45, 7) is 8.67. The smallest absolute Gasteiger partial charge is 0.242 e. The van der Waals surface area contributed by atoms with E-state index < -0.39 is 12.8 Å². The lowest BCUT2D eigenvalue weighted by Gasteiger charge is -2.23. The highest BCUT2D eigenvalue weighted by Crippen LogP contribution is 2.04. The second-order valence-corrected chi connectivity index (χ2v) is 8.25. The quantitative estimate of drug-likeness (QED) is 0.205. The molecule has 5 N–H and O–H groups in total. The Hall–Kier alpha value is -1.74. The molecule has 0 saturated carbocycles. The number of unbranched alkanes of at least 4 members (excludes halogenated alkanes) is 1. The lowest BCUT2D eigenvalue weighted by atomic mass is 10.1. The van der Waals surface area contributed by atoms with Crippen molar-refractivity contribution in [3.05, 3.63) is 0 Å². The number of halogens is 1. The van der Waals surface area contributed by atoms with Gasteiger partial charge >= 0.3 is 0 Å². The molecular weight excluding hydrogens is 389 g/mol. The first kappa shape index (κ1) is 28.3. The summed E-state index contributed by atoms with van der Waals surface area (Å²) < 4.78 is 13.0. The van der Waals surface area contributed by atoms with Crippen LogP contribution >= 0.6 is 0 Å². The van der Waals surface area contributed by atoms with E-state index in [1.54, 1.807) is 4.90 Å². The minimum absolute atomic E-state index is 0.00204. The van der Waals surface area contributed by atoms with Crippen LogP contribution < -0.4 is 21.7 Å². The monoisotopic (exact) mass is 431 g/mol. The zero-order valence-corrected chi connectivity index (χ0v) is 19.1. The Morgan fingerprint density at radius 3 is 2.17 bits per heavy atom. The molecule has 3 amide bonds. The predicted octanol–water partition coefficient (Wildman–Crippen LogP) is 1.30. The standard InChI is InChI=1S/C21H42FN5O3/c1-16(2)8-9-19(28)24-12-13-25-21(30)18(7-5-6-11-23)26-20(29)10-14-27(15-22)17(3)4/h16-18H,5-15,23H2,1-4H3,(H,24,28)(H,25,30)(H,26,29). The predicted molar refractivity (Wildman–Crippen MR) is 117 cm³/mol. The molecule has 0 rings (SSSR count). The van der Waals surface area contributed by atoms with Gasteiger partial charge in [0.2, 0.25) is 17.7 Å². The summed E-state index contributed by atoms with van der Waals surface area (Å²) in [5.74, 6) is -0.147. The van der Waals surface area contributed by atoms with Crippen LogP contribution in [0.2, 0.25) is 0 Å². The van der Waals surface area contributed by atoms with E-state index in [9.17, 15) is 18.8 Å². The molecule has 30 heavy (non-hydrogen) atoms. The molecule has 176 valence electrons. The van der Waals surface area contributed by atoms with Crippen LogP contribution in [0.5, 0.6) is 0 Å². The van der Waals surface area contributed by atoms with Gasteiger partial charge < -0.3 is 21.7 Å². The molecule has 0 saturated heterocycles. The van der Waals surface area contributed by atoms with Crippen LogP contribution in [0.25, 0.3) is 0 Å². The van der Waals surface area contributed by atoms with Crippen LogP contribution in [0.3, 0.4) is 0 Å². The molecule has 1 atom stereocenters. The SMILES string of the molecule is CC(C)CCC(=O)NCCNC(=O)C(CCCCN)NC(=O)CCN(CF)C(C)C.